The topological polar surface area (TPSA) is 41.0 Å². The summed E-state index contributed by atoms with van der Waals surface area (Å²) in [6.45, 7) is 4.42. The van der Waals surface area contributed by atoms with Crippen LogP contribution in [0, 0.1) is 5.92 Å². The van der Waals surface area contributed by atoms with Gasteiger partial charge in [0.25, 0.3) is 0 Å². The first-order valence-corrected chi connectivity index (χ1v) is 5.83. The highest BCUT2D eigenvalue weighted by atomic mass is 32.1. The van der Waals surface area contributed by atoms with Crippen LogP contribution in [0.25, 0.3) is 0 Å². The van der Waals surface area contributed by atoms with Gasteiger partial charge >= 0.3 is 0 Å². The van der Waals surface area contributed by atoms with Gasteiger partial charge < -0.3 is 10.2 Å². The summed E-state index contributed by atoms with van der Waals surface area (Å²) in [5.74, 6) is 0.812. The smallest absolute Gasteiger partial charge is 0.0893 e. The fourth-order valence-corrected chi connectivity index (χ4v) is 2.31. The maximum Gasteiger partial charge on any atom is 0.0893 e. The lowest BCUT2D eigenvalue weighted by molar-refractivity contribution is 0.388. The standard InChI is InChI=1S/C9H16N4S/c1-13-3-2-8(6-13)4-10-5-9-7-14-12-11-9/h7-8,10H,2-6H2,1H3. The number of aromatic nitrogens is 2. The van der Waals surface area contributed by atoms with E-state index in [2.05, 4.69) is 26.9 Å². The summed E-state index contributed by atoms with van der Waals surface area (Å²) in [4.78, 5) is 2.39. The van der Waals surface area contributed by atoms with Crippen molar-refractivity contribution in [3.63, 3.8) is 0 Å². The van der Waals surface area contributed by atoms with Crippen molar-refractivity contribution in [2.24, 2.45) is 5.92 Å². The van der Waals surface area contributed by atoms with Gasteiger partial charge in [-0.1, -0.05) is 4.49 Å². The Kier molecular flexibility index (Phi) is 3.44. The summed E-state index contributed by atoms with van der Waals surface area (Å²) in [6.07, 6.45) is 1.32. The normalized spacial score (nSPS) is 23.1. The van der Waals surface area contributed by atoms with Crippen LogP contribution in [-0.4, -0.2) is 41.2 Å². The second kappa shape index (κ2) is 4.82. The van der Waals surface area contributed by atoms with Gasteiger partial charge in [-0.25, -0.2) is 0 Å². The number of hydrogen-bond acceptors (Lipinski definition) is 5. The minimum atomic E-state index is 0.812. The van der Waals surface area contributed by atoms with Crippen molar-refractivity contribution in [2.75, 3.05) is 26.7 Å². The molecule has 2 heterocycles. The van der Waals surface area contributed by atoms with E-state index in [1.54, 1.807) is 0 Å². The third-order valence-corrected chi connectivity index (χ3v) is 3.19. The average molecular weight is 212 g/mol. The lowest BCUT2D eigenvalue weighted by Crippen LogP contribution is -2.24. The van der Waals surface area contributed by atoms with E-state index in [0.29, 0.717) is 0 Å². The second-order valence-corrected chi connectivity index (χ2v) is 4.55. The van der Waals surface area contributed by atoms with Crippen LogP contribution in [0.5, 0.6) is 0 Å². The number of likely N-dealkylation sites (tertiary alicyclic amines) is 1. The van der Waals surface area contributed by atoms with Crippen LogP contribution < -0.4 is 5.32 Å². The highest BCUT2D eigenvalue weighted by molar-refractivity contribution is 7.03. The van der Waals surface area contributed by atoms with E-state index in [0.717, 1.165) is 24.7 Å². The summed E-state index contributed by atoms with van der Waals surface area (Å²) in [6, 6.07) is 0. The number of nitrogens with zero attached hydrogens (tertiary/aromatic N) is 3. The van der Waals surface area contributed by atoms with Crippen LogP contribution in [0.1, 0.15) is 12.1 Å². The first-order valence-electron chi connectivity index (χ1n) is 5.00. The molecule has 0 spiro atoms. The van der Waals surface area contributed by atoms with Crippen molar-refractivity contribution in [3.05, 3.63) is 11.1 Å². The zero-order valence-corrected chi connectivity index (χ0v) is 9.26. The van der Waals surface area contributed by atoms with Gasteiger partial charge in [0.2, 0.25) is 0 Å². The van der Waals surface area contributed by atoms with E-state index in [9.17, 15) is 0 Å². The van der Waals surface area contributed by atoms with Crippen molar-refractivity contribution in [3.8, 4) is 0 Å². The highest BCUT2D eigenvalue weighted by Crippen LogP contribution is 2.12. The quantitative estimate of drug-likeness (QED) is 0.792. The molecule has 14 heavy (non-hydrogen) atoms. The summed E-state index contributed by atoms with van der Waals surface area (Å²) in [5, 5.41) is 9.41. The van der Waals surface area contributed by atoms with E-state index in [-0.39, 0.29) is 0 Å². The number of nitrogens with one attached hydrogen (secondary N) is 1. The molecule has 4 nitrogen and oxygen atoms in total. The number of rotatable bonds is 4. The molecule has 1 N–H and O–H groups in total. The molecule has 0 amide bonds. The van der Waals surface area contributed by atoms with Gasteiger partial charge in [0.15, 0.2) is 0 Å². The molecule has 0 radical (unpaired) electrons. The Balaban J connectivity index is 1.64. The molecule has 1 saturated heterocycles. The van der Waals surface area contributed by atoms with Crippen LogP contribution in [0.3, 0.4) is 0 Å². The molecule has 0 saturated carbocycles. The zero-order valence-electron chi connectivity index (χ0n) is 8.44. The zero-order chi connectivity index (χ0) is 9.80. The third-order valence-electron chi connectivity index (χ3n) is 2.63. The highest BCUT2D eigenvalue weighted by Gasteiger charge is 2.18. The second-order valence-electron chi connectivity index (χ2n) is 3.94. The lowest BCUT2D eigenvalue weighted by atomic mass is 10.1. The van der Waals surface area contributed by atoms with Crippen LogP contribution in [0.4, 0.5) is 0 Å². The Hall–Kier alpha value is -0.520. The van der Waals surface area contributed by atoms with Crippen molar-refractivity contribution in [2.45, 2.75) is 13.0 Å². The Labute approximate surface area is 88.5 Å². The van der Waals surface area contributed by atoms with Crippen LogP contribution >= 0.6 is 11.5 Å². The molecule has 78 valence electrons. The summed E-state index contributed by atoms with van der Waals surface area (Å²) < 4.78 is 3.83. The maximum absolute atomic E-state index is 3.99. The molecule has 0 aromatic carbocycles. The summed E-state index contributed by atoms with van der Waals surface area (Å²) in [5.41, 5.74) is 1.06. The van der Waals surface area contributed by atoms with Gasteiger partial charge in [0.1, 0.15) is 0 Å². The Bertz CT molecular complexity index is 262. The minimum absolute atomic E-state index is 0.812. The van der Waals surface area contributed by atoms with Gasteiger partial charge in [-0.15, -0.1) is 5.10 Å². The molecule has 1 aliphatic heterocycles. The van der Waals surface area contributed by atoms with E-state index in [1.807, 2.05) is 5.38 Å². The largest absolute Gasteiger partial charge is 0.311 e. The monoisotopic (exact) mass is 212 g/mol. The fourth-order valence-electron chi connectivity index (χ4n) is 1.86. The van der Waals surface area contributed by atoms with Gasteiger partial charge in [0.05, 0.1) is 5.69 Å². The first kappa shape index (κ1) is 10.0. The molecule has 1 atom stereocenters. The molecular formula is C9H16N4S. The van der Waals surface area contributed by atoms with Crippen LogP contribution in [0.2, 0.25) is 0 Å². The van der Waals surface area contributed by atoms with Crippen LogP contribution in [-0.2, 0) is 6.54 Å². The molecule has 5 heteroatoms. The SMILES string of the molecule is CN1CCC(CNCc2csnn2)C1. The van der Waals surface area contributed by atoms with Crippen molar-refractivity contribution in [1.29, 1.82) is 0 Å². The van der Waals surface area contributed by atoms with Crippen molar-refractivity contribution >= 4 is 11.5 Å². The van der Waals surface area contributed by atoms with Gasteiger partial charge in [0, 0.05) is 18.5 Å². The lowest BCUT2D eigenvalue weighted by Gasteiger charge is -2.10. The molecule has 0 bridgehead atoms. The van der Waals surface area contributed by atoms with E-state index >= 15 is 0 Å². The minimum Gasteiger partial charge on any atom is -0.311 e. The molecule has 2 rings (SSSR count). The first-order chi connectivity index (χ1) is 6.84. The molecule has 0 aliphatic carbocycles. The van der Waals surface area contributed by atoms with Crippen molar-refractivity contribution < 1.29 is 0 Å². The summed E-state index contributed by atoms with van der Waals surface area (Å²) >= 11 is 1.41. The van der Waals surface area contributed by atoms with Gasteiger partial charge in [-0.3, -0.25) is 0 Å². The van der Waals surface area contributed by atoms with E-state index < -0.39 is 0 Å². The molecule has 1 unspecified atom stereocenters. The van der Waals surface area contributed by atoms with Gasteiger partial charge in [-0.05, 0) is 44.0 Å². The average Bonchev–Trinajstić information content (AvgIpc) is 2.77. The Morgan fingerprint density at radius 2 is 2.64 bits per heavy atom. The Morgan fingerprint density at radius 1 is 1.71 bits per heavy atom. The molecule has 1 aromatic rings. The fraction of sp³-hybridized carbons (Fsp3) is 0.778. The predicted molar refractivity (Wildman–Crippen MR) is 57.2 cm³/mol. The molecular weight excluding hydrogens is 196 g/mol. The molecule has 1 aromatic heterocycles. The summed E-state index contributed by atoms with van der Waals surface area (Å²) in [7, 11) is 2.18. The third kappa shape index (κ3) is 2.73. The predicted octanol–water partition coefficient (Wildman–Crippen LogP) is 0.579. The van der Waals surface area contributed by atoms with Gasteiger partial charge in [-0.2, -0.15) is 0 Å². The molecule has 1 fully saturated rings. The van der Waals surface area contributed by atoms with Crippen molar-refractivity contribution in [1.82, 2.24) is 19.8 Å². The van der Waals surface area contributed by atoms with Crippen LogP contribution in [0.15, 0.2) is 5.38 Å². The maximum atomic E-state index is 3.99. The number of hydrogen-bond donors (Lipinski definition) is 1. The van der Waals surface area contributed by atoms with E-state index in [4.69, 9.17) is 0 Å². The Morgan fingerprint density at radius 3 is 3.29 bits per heavy atom. The molecule has 1 aliphatic rings. The van der Waals surface area contributed by atoms with E-state index in [1.165, 1.54) is 31.0 Å².